The topological polar surface area (TPSA) is 141 Å². The van der Waals surface area contributed by atoms with Crippen LogP contribution in [0.25, 0.3) is 0 Å². The molecular weight excluding hydrogens is 586 g/mol. The molecule has 0 bridgehead atoms. The first kappa shape index (κ1) is 35.2. The number of unbranched alkanes of at least 4 members (excludes halogenated alkanes) is 3. The molecule has 10 heteroatoms. The number of carbonyl (C=O) groups is 2. The minimum atomic E-state index is -0.647. The van der Waals surface area contributed by atoms with E-state index in [4.69, 9.17) is 14.7 Å². The summed E-state index contributed by atoms with van der Waals surface area (Å²) < 4.78 is 13.0. The molecule has 1 aliphatic rings. The van der Waals surface area contributed by atoms with Crippen molar-refractivity contribution in [3.05, 3.63) is 101 Å². The fraction of sp³-hybridized carbons (Fsp3) is 0.444. The number of amides is 2. The Balaban J connectivity index is 1.37. The third-order valence-electron chi connectivity index (χ3n) is 8.55. The van der Waals surface area contributed by atoms with Crippen molar-refractivity contribution in [3.63, 3.8) is 0 Å². The van der Waals surface area contributed by atoms with Gasteiger partial charge in [0.1, 0.15) is 0 Å². The second-order valence-electron chi connectivity index (χ2n) is 12.0. The summed E-state index contributed by atoms with van der Waals surface area (Å²) in [7, 11) is 1.99. The molecule has 2 amide bonds. The fourth-order valence-corrected chi connectivity index (χ4v) is 5.62. The number of hydrogen-bond acceptors (Lipinski definition) is 8. The molecule has 0 saturated carbocycles. The zero-order valence-electron chi connectivity index (χ0n) is 26.7. The van der Waals surface area contributed by atoms with E-state index in [1.54, 1.807) is 5.48 Å². The molecule has 0 aliphatic carbocycles. The van der Waals surface area contributed by atoms with E-state index >= 15 is 0 Å². The number of hydrogen-bond donors (Lipinski definition) is 5. The van der Waals surface area contributed by atoms with Gasteiger partial charge in [-0.25, -0.2) is 5.48 Å². The Labute approximate surface area is 271 Å². The molecule has 5 unspecified atom stereocenters. The molecule has 3 aromatic carbocycles. The van der Waals surface area contributed by atoms with Crippen molar-refractivity contribution < 1.29 is 34.5 Å². The van der Waals surface area contributed by atoms with Crippen LogP contribution in [0, 0.1) is 0 Å². The van der Waals surface area contributed by atoms with Gasteiger partial charge in [0.2, 0.25) is 11.8 Å². The van der Waals surface area contributed by atoms with Crippen LogP contribution in [0.5, 0.6) is 0 Å². The number of aliphatic hydroxyl groups excluding tert-OH is 2. The Kier molecular flexibility index (Phi) is 13.7. The first-order valence-electron chi connectivity index (χ1n) is 16.0. The summed E-state index contributed by atoms with van der Waals surface area (Å²) in [4.78, 5) is 25.7. The van der Waals surface area contributed by atoms with Crippen molar-refractivity contribution in [1.29, 1.82) is 0 Å². The number of hydroxylamine groups is 1. The predicted molar refractivity (Wildman–Crippen MR) is 175 cm³/mol. The van der Waals surface area contributed by atoms with Crippen LogP contribution in [-0.4, -0.2) is 57.9 Å². The molecule has 5 N–H and O–H groups in total. The maximum Gasteiger partial charge on any atom is 0.243 e. The molecule has 1 aliphatic heterocycles. The van der Waals surface area contributed by atoms with E-state index in [2.05, 4.69) is 10.2 Å². The van der Waals surface area contributed by atoms with Crippen LogP contribution >= 0.6 is 0 Å². The van der Waals surface area contributed by atoms with Gasteiger partial charge in [0, 0.05) is 43.1 Å². The fourth-order valence-electron chi connectivity index (χ4n) is 5.62. The Morgan fingerprint density at radius 1 is 0.870 bits per heavy atom. The lowest BCUT2D eigenvalue weighted by molar-refractivity contribution is -0.253. The first-order chi connectivity index (χ1) is 22.3. The number of nitrogens with one attached hydrogen (secondary N) is 2. The summed E-state index contributed by atoms with van der Waals surface area (Å²) >= 11 is 0. The average Bonchev–Trinajstić information content (AvgIpc) is 3.09. The third kappa shape index (κ3) is 10.4. The zero-order valence-corrected chi connectivity index (χ0v) is 26.7. The van der Waals surface area contributed by atoms with Gasteiger partial charge in [-0.2, -0.15) is 0 Å². The molecule has 1 fully saturated rings. The van der Waals surface area contributed by atoms with Crippen molar-refractivity contribution in [2.75, 3.05) is 18.9 Å². The van der Waals surface area contributed by atoms with Crippen LogP contribution in [0.2, 0.25) is 0 Å². The third-order valence-corrected chi connectivity index (χ3v) is 8.55. The van der Waals surface area contributed by atoms with Crippen LogP contribution in [0.1, 0.15) is 92.6 Å². The summed E-state index contributed by atoms with van der Waals surface area (Å²) in [6.07, 6.45) is 2.58. The lowest BCUT2D eigenvalue weighted by Gasteiger charge is -2.39. The highest BCUT2D eigenvalue weighted by Crippen LogP contribution is 2.38. The molecule has 0 radical (unpaired) electrons. The molecule has 1 heterocycles. The van der Waals surface area contributed by atoms with Crippen molar-refractivity contribution in [1.82, 2.24) is 10.4 Å². The summed E-state index contributed by atoms with van der Waals surface area (Å²) in [5, 5.41) is 32.0. The smallest absolute Gasteiger partial charge is 0.243 e. The lowest BCUT2D eigenvalue weighted by Crippen LogP contribution is -2.43. The first-order valence-corrected chi connectivity index (χ1v) is 16.0. The number of anilines is 1. The molecule has 10 nitrogen and oxygen atoms in total. The van der Waals surface area contributed by atoms with E-state index < -0.39 is 18.3 Å². The summed E-state index contributed by atoms with van der Waals surface area (Å²) in [6, 6.07) is 24.7. The zero-order chi connectivity index (χ0) is 32.9. The van der Waals surface area contributed by atoms with Crippen LogP contribution < -0.4 is 10.8 Å². The monoisotopic (exact) mass is 633 g/mol. The van der Waals surface area contributed by atoms with E-state index in [0.717, 1.165) is 35.1 Å². The van der Waals surface area contributed by atoms with Gasteiger partial charge < -0.3 is 25.0 Å². The number of nitrogens with zero attached hydrogens (tertiary/aromatic N) is 1. The highest BCUT2D eigenvalue weighted by atomic mass is 16.7. The number of rotatable bonds is 16. The van der Waals surface area contributed by atoms with Gasteiger partial charge in [0.05, 0.1) is 24.9 Å². The number of ether oxygens (including phenoxy) is 2. The van der Waals surface area contributed by atoms with Gasteiger partial charge in [-0.05, 0) is 55.6 Å². The number of carbonyl (C=O) groups excluding carboxylic acids is 2. The van der Waals surface area contributed by atoms with Crippen molar-refractivity contribution in [3.8, 4) is 0 Å². The highest BCUT2D eigenvalue weighted by Gasteiger charge is 2.34. The molecule has 3 aromatic rings. The molecule has 1 saturated heterocycles. The maximum atomic E-state index is 12.5. The van der Waals surface area contributed by atoms with Gasteiger partial charge in [-0.15, -0.1) is 0 Å². The van der Waals surface area contributed by atoms with Gasteiger partial charge in [0.25, 0.3) is 0 Å². The normalized spacial score (nSPS) is 19.4. The molecule has 0 spiro atoms. The standard InChI is InChI=1S/C36H47N3O7/c1-25(35(43)28-10-6-5-7-11-28)39(2)23-31-22-32(27-16-14-26(24-40)15-17-27)46-36(45-31)29-18-20-30(21-19-29)37-33(41)12-8-3-4-9-13-34(42)38-44/h5-7,10-11,14-21,25,31-32,35-36,40,43-44H,3-4,8-9,12-13,22-24H2,1-2H3,(H,37,41)(H,38,42). The second kappa shape index (κ2) is 17.9. The molecular formula is C36H47N3O7. The lowest BCUT2D eigenvalue weighted by atomic mass is 9.98. The van der Waals surface area contributed by atoms with Crippen LogP contribution in [-0.2, 0) is 25.7 Å². The molecule has 46 heavy (non-hydrogen) atoms. The van der Waals surface area contributed by atoms with E-state index in [1.807, 2.05) is 92.8 Å². The average molecular weight is 634 g/mol. The predicted octanol–water partition coefficient (Wildman–Crippen LogP) is 5.56. The summed E-state index contributed by atoms with van der Waals surface area (Å²) in [6.45, 7) is 2.56. The van der Waals surface area contributed by atoms with Crippen molar-refractivity contribution >= 4 is 17.5 Å². The van der Waals surface area contributed by atoms with Gasteiger partial charge in [-0.3, -0.25) is 19.7 Å². The molecule has 0 aromatic heterocycles. The number of aliphatic hydroxyl groups is 2. The van der Waals surface area contributed by atoms with Crippen molar-refractivity contribution in [2.24, 2.45) is 0 Å². The van der Waals surface area contributed by atoms with Crippen LogP contribution in [0.15, 0.2) is 78.9 Å². The Morgan fingerprint density at radius 3 is 2.13 bits per heavy atom. The van der Waals surface area contributed by atoms with Gasteiger partial charge in [-0.1, -0.05) is 79.6 Å². The second-order valence-corrected chi connectivity index (χ2v) is 12.0. The Hall–Kier alpha value is -3.64. The molecule has 4 rings (SSSR count). The molecule has 5 atom stereocenters. The SMILES string of the molecule is CC(C(O)c1ccccc1)N(C)CC1CC(c2ccc(CO)cc2)OC(c2ccc(NC(=O)CCCCCCC(=O)NO)cc2)O1. The van der Waals surface area contributed by atoms with Crippen LogP contribution in [0.4, 0.5) is 5.69 Å². The van der Waals surface area contributed by atoms with Crippen LogP contribution in [0.3, 0.4) is 0 Å². The summed E-state index contributed by atoms with van der Waals surface area (Å²) in [5.41, 5.74) is 5.83. The molecule has 248 valence electrons. The minimum Gasteiger partial charge on any atom is -0.392 e. The highest BCUT2D eigenvalue weighted by molar-refractivity contribution is 5.90. The quantitative estimate of drug-likeness (QED) is 0.0785. The Bertz CT molecular complexity index is 1350. The minimum absolute atomic E-state index is 0.0268. The summed E-state index contributed by atoms with van der Waals surface area (Å²) in [5.74, 6) is -0.471. The van der Waals surface area contributed by atoms with E-state index in [0.29, 0.717) is 37.9 Å². The van der Waals surface area contributed by atoms with Crippen molar-refractivity contribution in [2.45, 2.75) is 89.1 Å². The van der Waals surface area contributed by atoms with Gasteiger partial charge in [0.15, 0.2) is 6.29 Å². The number of benzene rings is 3. The maximum absolute atomic E-state index is 12.5. The van der Waals surface area contributed by atoms with E-state index in [1.165, 1.54) is 0 Å². The Morgan fingerprint density at radius 2 is 1.50 bits per heavy atom. The van der Waals surface area contributed by atoms with E-state index in [-0.39, 0.29) is 37.2 Å². The largest absolute Gasteiger partial charge is 0.392 e. The van der Waals surface area contributed by atoms with Gasteiger partial charge >= 0.3 is 0 Å². The van der Waals surface area contributed by atoms with E-state index in [9.17, 15) is 19.8 Å². The number of likely N-dealkylation sites (N-methyl/N-ethyl adjacent to an activating group) is 1.